The number of aldehydes is 1. The van der Waals surface area contributed by atoms with Crippen LogP contribution in [0, 0.1) is 0 Å². The lowest BCUT2D eigenvalue weighted by atomic mass is 10.1. The van der Waals surface area contributed by atoms with Crippen molar-refractivity contribution in [2.75, 3.05) is 6.61 Å². The second kappa shape index (κ2) is 9.70. The van der Waals surface area contributed by atoms with E-state index in [1.807, 2.05) is 0 Å². The lowest BCUT2D eigenvalue weighted by molar-refractivity contribution is -0.111. The van der Waals surface area contributed by atoms with E-state index in [4.69, 9.17) is 26.8 Å². The lowest BCUT2D eigenvalue weighted by Gasteiger charge is -2.24. The number of nitrogens with two attached hydrogens (primary N) is 1. The predicted molar refractivity (Wildman–Crippen MR) is 96.1 cm³/mol. The molecule has 0 heterocycles. The molecule has 7 heteroatoms. The molecule has 0 saturated carbocycles. The van der Waals surface area contributed by atoms with Crippen molar-refractivity contribution in [3.05, 3.63) is 71.8 Å². The summed E-state index contributed by atoms with van der Waals surface area (Å²) < 4.78 is 10.4. The molecule has 2 N–H and O–H groups in total. The molecule has 0 aliphatic carbocycles. The number of carbonyl (C=O) groups is 3. The summed E-state index contributed by atoms with van der Waals surface area (Å²) in [4.78, 5) is 35.2. The van der Waals surface area contributed by atoms with E-state index < -0.39 is 29.5 Å². The van der Waals surface area contributed by atoms with E-state index in [0.29, 0.717) is 17.4 Å². The number of halogens is 1. The van der Waals surface area contributed by atoms with Crippen LogP contribution in [-0.2, 0) is 14.3 Å². The first kappa shape index (κ1) is 19.6. The number of benzene rings is 2. The monoisotopic (exact) mass is 375 g/mol. The maximum Gasteiger partial charge on any atom is 0.338 e. The van der Waals surface area contributed by atoms with Gasteiger partial charge in [0.25, 0.3) is 0 Å². The summed E-state index contributed by atoms with van der Waals surface area (Å²) >= 11 is 6.19. The summed E-state index contributed by atoms with van der Waals surface area (Å²) in [6, 6.07) is 15.4. The van der Waals surface area contributed by atoms with Crippen molar-refractivity contribution in [3.63, 3.8) is 0 Å². The quantitative estimate of drug-likeness (QED) is 0.431. The van der Waals surface area contributed by atoms with Crippen LogP contribution in [0.2, 0.25) is 0 Å². The van der Waals surface area contributed by atoms with Gasteiger partial charge in [-0.25, -0.2) is 9.59 Å². The van der Waals surface area contributed by atoms with Crippen molar-refractivity contribution < 1.29 is 23.9 Å². The Morgan fingerprint density at radius 2 is 1.46 bits per heavy atom. The molecule has 2 aromatic carbocycles. The topological polar surface area (TPSA) is 95.7 Å². The van der Waals surface area contributed by atoms with Gasteiger partial charge in [-0.1, -0.05) is 36.4 Å². The van der Waals surface area contributed by atoms with Crippen LogP contribution >= 0.6 is 11.6 Å². The fraction of sp³-hybridized carbons (Fsp3) is 0.211. The normalized spacial score (nSPS) is 13.9. The van der Waals surface area contributed by atoms with Gasteiger partial charge in [0.05, 0.1) is 17.2 Å². The molecular formula is C19H18ClNO5. The number of hydrogen-bond acceptors (Lipinski definition) is 6. The second-order valence-corrected chi connectivity index (χ2v) is 5.99. The van der Waals surface area contributed by atoms with Crippen molar-refractivity contribution in [1.82, 2.24) is 0 Å². The first-order valence-electron chi connectivity index (χ1n) is 7.86. The molecule has 0 aliphatic rings. The second-order valence-electron chi connectivity index (χ2n) is 5.43. The summed E-state index contributed by atoms with van der Waals surface area (Å²) in [7, 11) is 0. The van der Waals surface area contributed by atoms with Crippen LogP contribution in [0.1, 0.15) is 20.7 Å². The van der Waals surface area contributed by atoms with Gasteiger partial charge in [0.2, 0.25) is 0 Å². The van der Waals surface area contributed by atoms with Crippen molar-refractivity contribution in [2.24, 2.45) is 5.73 Å². The molecule has 0 fully saturated rings. The van der Waals surface area contributed by atoms with Gasteiger partial charge in [-0.2, -0.15) is 0 Å². The summed E-state index contributed by atoms with van der Waals surface area (Å²) in [5.41, 5.74) is 6.34. The molecular weight excluding hydrogens is 358 g/mol. The largest absolute Gasteiger partial charge is 0.460 e. The summed E-state index contributed by atoms with van der Waals surface area (Å²) in [6.07, 6.45) is -0.720. The van der Waals surface area contributed by atoms with Crippen molar-refractivity contribution in [1.29, 1.82) is 0 Å². The van der Waals surface area contributed by atoms with Gasteiger partial charge in [0.15, 0.2) is 0 Å². The van der Waals surface area contributed by atoms with Gasteiger partial charge in [0.1, 0.15) is 24.4 Å². The van der Waals surface area contributed by atoms with Crippen molar-refractivity contribution in [3.8, 4) is 0 Å². The van der Waals surface area contributed by atoms with Gasteiger partial charge in [0, 0.05) is 0 Å². The van der Waals surface area contributed by atoms with E-state index in [-0.39, 0.29) is 6.61 Å². The molecule has 0 amide bonds. The highest BCUT2D eigenvalue weighted by Gasteiger charge is 2.31. The molecule has 0 saturated heterocycles. The molecule has 0 bridgehead atoms. The number of ether oxygens (including phenoxy) is 2. The molecule has 0 aliphatic heterocycles. The number of alkyl halides is 1. The van der Waals surface area contributed by atoms with E-state index in [1.165, 1.54) is 0 Å². The van der Waals surface area contributed by atoms with Gasteiger partial charge >= 0.3 is 11.9 Å². The Hall–Kier alpha value is -2.70. The number of hydrogen-bond donors (Lipinski definition) is 1. The van der Waals surface area contributed by atoms with Gasteiger partial charge < -0.3 is 20.0 Å². The third-order valence-electron chi connectivity index (χ3n) is 3.53. The van der Waals surface area contributed by atoms with E-state index in [0.717, 1.165) is 0 Å². The van der Waals surface area contributed by atoms with Crippen LogP contribution in [0.4, 0.5) is 0 Å². The number of esters is 2. The van der Waals surface area contributed by atoms with Crippen LogP contribution in [-0.4, -0.2) is 42.4 Å². The Bertz CT molecular complexity index is 738. The minimum atomic E-state index is -1.15. The van der Waals surface area contributed by atoms with Crippen molar-refractivity contribution in [2.45, 2.75) is 17.5 Å². The lowest BCUT2D eigenvalue weighted by Crippen LogP contribution is -2.46. The zero-order chi connectivity index (χ0) is 18.9. The Balaban J connectivity index is 2.00. The minimum Gasteiger partial charge on any atom is -0.460 e. The molecule has 136 valence electrons. The number of carbonyl (C=O) groups excluding carboxylic acids is 3. The van der Waals surface area contributed by atoms with E-state index in [2.05, 4.69) is 0 Å². The smallest absolute Gasteiger partial charge is 0.338 e. The Morgan fingerprint density at radius 1 is 0.962 bits per heavy atom. The van der Waals surface area contributed by atoms with E-state index in [1.54, 1.807) is 60.7 Å². The average molecular weight is 376 g/mol. The first-order chi connectivity index (χ1) is 12.5. The summed E-state index contributed by atoms with van der Waals surface area (Å²) in [5.74, 6) is -1.25. The third kappa shape index (κ3) is 5.40. The SMILES string of the molecule is NC(C=O)C(OC(=O)c1ccccc1)C(Cl)COC(=O)c1ccccc1. The van der Waals surface area contributed by atoms with Crippen LogP contribution < -0.4 is 5.73 Å². The molecule has 3 unspecified atom stereocenters. The molecule has 26 heavy (non-hydrogen) atoms. The van der Waals surface area contributed by atoms with Crippen LogP contribution in [0.15, 0.2) is 60.7 Å². The first-order valence-corrected chi connectivity index (χ1v) is 8.29. The molecule has 0 radical (unpaired) electrons. The maximum atomic E-state index is 12.2. The molecule has 2 aromatic rings. The third-order valence-corrected chi connectivity index (χ3v) is 3.90. The average Bonchev–Trinajstić information content (AvgIpc) is 2.70. The molecule has 6 nitrogen and oxygen atoms in total. The summed E-state index contributed by atoms with van der Waals surface area (Å²) in [5, 5.41) is -0.990. The highest BCUT2D eigenvalue weighted by Crippen LogP contribution is 2.15. The van der Waals surface area contributed by atoms with Crippen molar-refractivity contribution >= 4 is 29.8 Å². The standard InChI is InChI=1S/C19H18ClNO5/c20-15(12-25-18(23)13-7-3-1-4-8-13)17(16(21)11-22)26-19(24)14-9-5-2-6-10-14/h1-11,15-17H,12,21H2. The maximum absolute atomic E-state index is 12.2. The zero-order valence-electron chi connectivity index (χ0n) is 13.8. The fourth-order valence-corrected chi connectivity index (χ4v) is 2.43. The van der Waals surface area contributed by atoms with Crippen LogP contribution in [0.3, 0.4) is 0 Å². The molecule has 0 spiro atoms. The zero-order valence-corrected chi connectivity index (χ0v) is 14.5. The predicted octanol–water partition coefficient (Wildman–Crippen LogP) is 2.20. The van der Waals surface area contributed by atoms with Crippen LogP contribution in [0.25, 0.3) is 0 Å². The Labute approximate surface area is 155 Å². The number of rotatable bonds is 8. The molecule has 3 atom stereocenters. The highest BCUT2D eigenvalue weighted by atomic mass is 35.5. The summed E-state index contributed by atoms with van der Waals surface area (Å²) in [6.45, 7) is -0.274. The van der Waals surface area contributed by atoms with Gasteiger partial charge in [-0.3, -0.25) is 0 Å². The fourth-order valence-electron chi connectivity index (χ4n) is 2.14. The van der Waals surface area contributed by atoms with Gasteiger partial charge in [-0.15, -0.1) is 11.6 Å². The highest BCUT2D eigenvalue weighted by molar-refractivity contribution is 6.21. The van der Waals surface area contributed by atoms with Gasteiger partial charge in [-0.05, 0) is 24.3 Å². The Morgan fingerprint density at radius 3 is 1.96 bits per heavy atom. The minimum absolute atomic E-state index is 0.274. The Kier molecular flexibility index (Phi) is 7.32. The van der Waals surface area contributed by atoms with E-state index in [9.17, 15) is 14.4 Å². The molecule has 2 rings (SSSR count). The molecule has 0 aromatic heterocycles. The van der Waals surface area contributed by atoms with E-state index >= 15 is 0 Å². The van der Waals surface area contributed by atoms with Crippen LogP contribution in [0.5, 0.6) is 0 Å².